The van der Waals surface area contributed by atoms with Crippen LogP contribution in [-0.4, -0.2) is 41.9 Å². The molecule has 0 rings (SSSR count). The van der Waals surface area contributed by atoms with Crippen molar-refractivity contribution in [2.24, 2.45) is 0 Å². The Hall–Kier alpha value is 1.89. The Kier molecular flexibility index (Phi) is 10.9. The topological polar surface area (TPSA) is 26.3 Å². The number of hydrogen-bond acceptors (Lipinski definition) is 3. The fourth-order valence-corrected chi connectivity index (χ4v) is 4.00. The van der Waals surface area contributed by atoms with Gasteiger partial charge in [-0.25, -0.2) is 0 Å². The molecule has 0 aliphatic carbocycles. The maximum atomic E-state index is 11.0. The van der Waals surface area contributed by atoms with Crippen LogP contribution < -0.4 is 0 Å². The van der Waals surface area contributed by atoms with Crippen molar-refractivity contribution in [3.8, 4) is 0 Å². The quantitative estimate of drug-likeness (QED) is 0.437. The summed E-state index contributed by atoms with van der Waals surface area (Å²) in [6.45, 7) is 4.19. The van der Waals surface area contributed by atoms with Gasteiger partial charge in [-0.1, -0.05) is 30.6 Å². The van der Waals surface area contributed by atoms with Crippen LogP contribution in [0.15, 0.2) is 0 Å². The summed E-state index contributed by atoms with van der Waals surface area (Å²) in [5.74, 6) is -1.80. The van der Waals surface area contributed by atoms with Gasteiger partial charge in [0.2, 0.25) is 0 Å². The molecule has 10 heavy (non-hydrogen) atoms. The first-order valence-corrected chi connectivity index (χ1v) is 7.11. The summed E-state index contributed by atoms with van der Waals surface area (Å²) in [7, 11) is 0. The van der Waals surface area contributed by atoms with Crippen LogP contribution in [0, 0.1) is 0 Å². The van der Waals surface area contributed by atoms with Crippen LogP contribution >= 0.6 is 29.4 Å². The molecule has 2 nitrogen and oxygen atoms in total. The van der Waals surface area contributed by atoms with E-state index in [-0.39, 0.29) is 29.6 Å². The first kappa shape index (κ1) is 14.4. The van der Waals surface area contributed by atoms with Crippen molar-refractivity contribution in [3.05, 3.63) is 0 Å². The normalized spacial score (nSPS) is 15.5. The van der Waals surface area contributed by atoms with Crippen LogP contribution in [0.3, 0.4) is 0 Å². The fraction of sp³-hybridized carbons (Fsp3) is 1.00. The first-order valence-electron chi connectivity index (χ1n) is 2.74. The Morgan fingerprint density at radius 2 is 2.10 bits per heavy atom. The average Bonchev–Trinajstić information content (AvgIpc) is 1.64. The Balaban J connectivity index is 0. The van der Waals surface area contributed by atoms with Crippen molar-refractivity contribution in [2.75, 3.05) is 12.4 Å². The Morgan fingerprint density at radius 1 is 1.60 bits per heavy atom. The van der Waals surface area contributed by atoms with Gasteiger partial charge in [0.25, 0.3) is 0 Å². The van der Waals surface area contributed by atoms with Gasteiger partial charge in [-0.15, -0.1) is 0 Å². The molecule has 0 saturated heterocycles. The third kappa shape index (κ3) is 7.99. The Morgan fingerprint density at radius 3 is 2.40 bits per heavy atom. The van der Waals surface area contributed by atoms with Gasteiger partial charge in [-0.2, -0.15) is 0 Å². The summed E-state index contributed by atoms with van der Waals surface area (Å²) in [6.07, 6.45) is 0. The molecular weight excluding hydrogens is 198 g/mol. The van der Waals surface area contributed by atoms with Crippen molar-refractivity contribution < 1.29 is 9.09 Å². The van der Waals surface area contributed by atoms with Gasteiger partial charge in [0, 0.05) is 5.75 Å². The summed E-state index contributed by atoms with van der Waals surface area (Å²) in [5.41, 5.74) is 0. The van der Waals surface area contributed by atoms with E-state index in [1.807, 2.05) is 6.92 Å². The van der Waals surface area contributed by atoms with E-state index in [1.54, 1.807) is 6.92 Å². The fourth-order valence-electron chi connectivity index (χ4n) is 0.364. The van der Waals surface area contributed by atoms with Gasteiger partial charge in [-0.3, -0.25) is 4.57 Å². The third-order valence-corrected chi connectivity index (χ3v) is 5.21. The van der Waals surface area contributed by atoms with E-state index in [4.69, 9.17) is 4.52 Å². The molecule has 0 heterocycles. The molecule has 0 bridgehead atoms. The molecule has 0 amide bonds. The van der Waals surface area contributed by atoms with Gasteiger partial charge in [0.1, 0.15) is 0 Å². The van der Waals surface area contributed by atoms with Crippen LogP contribution in [-0.2, 0) is 9.09 Å². The first-order chi connectivity index (χ1) is 4.12. The molecule has 1 atom stereocenters. The van der Waals surface area contributed by atoms with Crippen molar-refractivity contribution in [1.82, 2.24) is 0 Å². The molecule has 0 aromatic rings. The average molecular weight is 210 g/mol. The predicted molar refractivity (Wildman–Crippen MR) is 53.5 cm³/mol. The molecule has 0 saturated carbocycles. The van der Waals surface area contributed by atoms with Gasteiger partial charge in [0.15, 0.2) is 0 Å². The van der Waals surface area contributed by atoms with Gasteiger partial charge >= 0.3 is 35.3 Å². The molecule has 0 radical (unpaired) electrons. The van der Waals surface area contributed by atoms with E-state index in [2.05, 4.69) is 12.2 Å². The number of thiol groups is 1. The minimum atomic E-state index is -2.58. The number of hydrogen-bond donors (Lipinski definition) is 1. The van der Waals surface area contributed by atoms with E-state index < -0.39 is 5.77 Å². The molecule has 0 aromatic carbocycles. The van der Waals surface area contributed by atoms with Crippen LogP contribution in [0.5, 0.6) is 0 Å². The zero-order valence-electron chi connectivity index (χ0n) is 5.53. The van der Waals surface area contributed by atoms with Crippen molar-refractivity contribution in [1.29, 1.82) is 0 Å². The molecule has 0 aromatic heterocycles. The summed E-state index contributed by atoms with van der Waals surface area (Å²) in [5, 5.41) is 0. The van der Waals surface area contributed by atoms with Crippen molar-refractivity contribution >= 4 is 59.0 Å². The minimum absolute atomic E-state index is 0. The SMILES string of the molecule is CCOP(=O)(S)SCC.[NaH]. The molecule has 0 aliphatic rings. The van der Waals surface area contributed by atoms with E-state index in [9.17, 15) is 4.57 Å². The summed E-state index contributed by atoms with van der Waals surface area (Å²) in [6, 6.07) is 0. The van der Waals surface area contributed by atoms with Gasteiger partial charge < -0.3 is 4.52 Å². The second kappa shape index (κ2) is 7.53. The molecule has 0 N–H and O–H groups in total. The van der Waals surface area contributed by atoms with Gasteiger partial charge in [0.05, 0.1) is 6.61 Å². The van der Waals surface area contributed by atoms with Crippen LogP contribution in [0.1, 0.15) is 13.8 Å². The standard InChI is InChI=1S/C4H11O2PS2.Na.H/c1-3-6-7(5,8)9-4-2;;/h3-4H2,1-2H3,(H,5,8);;. The zero-order chi connectivity index (χ0) is 7.33. The van der Waals surface area contributed by atoms with Crippen LogP contribution in [0.2, 0.25) is 0 Å². The van der Waals surface area contributed by atoms with Crippen molar-refractivity contribution in [3.63, 3.8) is 0 Å². The second-order valence-corrected chi connectivity index (χ2v) is 7.94. The summed E-state index contributed by atoms with van der Waals surface area (Å²) >= 11 is 5.10. The van der Waals surface area contributed by atoms with Crippen molar-refractivity contribution in [2.45, 2.75) is 13.8 Å². The molecule has 1 unspecified atom stereocenters. The monoisotopic (exact) mass is 210 g/mol. The second-order valence-electron chi connectivity index (χ2n) is 1.30. The summed E-state index contributed by atoms with van der Waals surface area (Å²) in [4.78, 5) is 0. The van der Waals surface area contributed by atoms with E-state index in [0.29, 0.717) is 6.61 Å². The Bertz CT molecular complexity index is 112. The summed E-state index contributed by atoms with van der Waals surface area (Å²) < 4.78 is 15.9. The molecule has 0 fully saturated rings. The van der Waals surface area contributed by atoms with E-state index in [1.165, 1.54) is 11.4 Å². The van der Waals surface area contributed by atoms with Crippen LogP contribution in [0.4, 0.5) is 0 Å². The number of rotatable bonds is 4. The van der Waals surface area contributed by atoms with Crippen LogP contribution in [0.25, 0.3) is 0 Å². The maximum absolute atomic E-state index is 11.0. The molecular formula is C4H12NaO2PS2. The molecule has 58 valence electrons. The zero-order valence-corrected chi connectivity index (χ0v) is 8.14. The van der Waals surface area contributed by atoms with E-state index in [0.717, 1.165) is 5.75 Å². The molecule has 0 spiro atoms. The predicted octanol–water partition coefficient (Wildman–Crippen LogP) is 2.17. The van der Waals surface area contributed by atoms with E-state index >= 15 is 0 Å². The Labute approximate surface area is 93.5 Å². The molecule has 0 aliphatic heterocycles. The molecule has 6 heteroatoms. The van der Waals surface area contributed by atoms with Gasteiger partial charge in [-0.05, 0) is 6.92 Å². The third-order valence-electron chi connectivity index (χ3n) is 0.584.